The minimum absolute atomic E-state index is 0.0257. The summed E-state index contributed by atoms with van der Waals surface area (Å²) in [6.45, 7) is 150. The van der Waals surface area contributed by atoms with Crippen LogP contribution in [-0.4, -0.2) is 150 Å². The van der Waals surface area contributed by atoms with E-state index in [1.807, 2.05) is 125 Å². The quantitative estimate of drug-likeness (QED) is 0.0627. The molecule has 1 N–H and O–H groups in total. The fourth-order valence-corrected chi connectivity index (χ4v) is 12.0. The molecule has 0 unspecified atom stereocenters. The van der Waals surface area contributed by atoms with Crippen LogP contribution in [0.4, 0.5) is 0 Å². The number of rotatable bonds is 33. The third-order valence-electron chi connectivity index (χ3n) is 23.1. The van der Waals surface area contributed by atoms with Crippen LogP contribution >= 0.6 is 0 Å². The molecule has 0 aliphatic rings. The van der Waals surface area contributed by atoms with E-state index in [0.717, 1.165) is 64.8 Å². The molecule has 0 aromatic carbocycles. The van der Waals surface area contributed by atoms with Crippen molar-refractivity contribution < 1.29 is 38.2 Å². The molecule has 0 aromatic heterocycles. The first-order chi connectivity index (χ1) is 60.6. The molecule has 0 fully saturated rings. The van der Waals surface area contributed by atoms with Crippen molar-refractivity contribution in [1.82, 2.24) is 20.0 Å². The van der Waals surface area contributed by atoms with Crippen molar-refractivity contribution >= 4 is 28.9 Å². The standard InChI is InChI=1S/C12H25NO.2C12H27N.2C12H24O.2C12H26.C11H23NO.C11H22O2.2C11H24O/c1-11(2,3)10(14)8-9-13(7)12(4,5)6;2*1-11(2,3)9-8-10-13(7)12(4,5)6;2*1-11(2,3)9-7-8-10(13)12(4,5)6;2*1-11(2,3)9-7-8-10-12(4,5)6;1-10(2,3)9(13)7-8-12-11(4,5)6;1-10(2,3)9(12)7-8-13-11(4,5)6;2*1-10(2,3)8-7-9-12-11(4,5)6/h8-9H2,1-7H3;2*8-10H2,1-7H3;2*7-9H2,1-6H3;2*7-10H2,1-6H3;12H,7-8H2,1-6H3;7-8H2,1-6H3;2*7-9H2,1-6H3. The van der Waals surface area contributed by atoms with Gasteiger partial charge in [-0.05, 0) is 337 Å². The molecule has 0 amide bonds. The predicted octanol–water partition coefficient (Wildman–Crippen LogP) is 39.2. The highest BCUT2D eigenvalue weighted by atomic mass is 16.5. The topological polar surface area (TPSA) is 135 Å². The highest BCUT2D eigenvalue weighted by Gasteiger charge is 2.29. The monoisotopic (exact) mass is 1990 g/mol. The van der Waals surface area contributed by atoms with E-state index < -0.39 is 0 Å². The molecule has 0 heterocycles. The van der Waals surface area contributed by atoms with Gasteiger partial charge in [-0.1, -0.05) is 337 Å². The van der Waals surface area contributed by atoms with Crippen molar-refractivity contribution in [2.45, 2.75) is 656 Å². The summed E-state index contributed by atoms with van der Waals surface area (Å²) in [5.74, 6) is 1.70. The molecule has 12 nitrogen and oxygen atoms in total. The zero-order chi connectivity index (χ0) is 115. The maximum absolute atomic E-state index is 11.7. The highest BCUT2D eigenvalue weighted by molar-refractivity contribution is 5.85. The third kappa shape index (κ3) is 149. The van der Waals surface area contributed by atoms with Crippen LogP contribution in [0.15, 0.2) is 0 Å². The Labute approximate surface area is 886 Å². The van der Waals surface area contributed by atoms with Gasteiger partial charge in [-0.15, -0.1) is 0 Å². The van der Waals surface area contributed by atoms with Crippen LogP contribution in [0.25, 0.3) is 0 Å². The van der Waals surface area contributed by atoms with Gasteiger partial charge in [-0.2, -0.15) is 0 Å². The lowest BCUT2D eigenvalue weighted by molar-refractivity contribution is -0.129. The van der Waals surface area contributed by atoms with Crippen molar-refractivity contribution in [3.8, 4) is 0 Å². The van der Waals surface area contributed by atoms with E-state index in [-0.39, 0.29) is 60.7 Å². The molecule has 0 aliphatic heterocycles. The summed E-state index contributed by atoms with van der Waals surface area (Å²) in [6, 6.07) is 0. The Morgan fingerprint density at radius 2 is 0.350 bits per heavy atom. The largest absolute Gasteiger partial charge is 0.376 e. The molecule has 0 bridgehead atoms. The molecular weight excluding hydrogens is 1720 g/mol. The molecule has 140 heavy (non-hydrogen) atoms. The van der Waals surface area contributed by atoms with Crippen LogP contribution in [0.5, 0.6) is 0 Å². The first-order valence-electron chi connectivity index (χ1n) is 56.1. The van der Waals surface area contributed by atoms with Crippen molar-refractivity contribution in [2.75, 3.05) is 67.1 Å². The number of ketones is 5. The van der Waals surface area contributed by atoms with Crippen molar-refractivity contribution in [3.05, 3.63) is 0 Å². The molecule has 0 atom stereocenters. The zero-order valence-corrected chi connectivity index (χ0v) is 110. The number of carbonyl (C=O) groups is 5. The van der Waals surface area contributed by atoms with Gasteiger partial charge < -0.3 is 34.2 Å². The fraction of sp³-hybridized carbons (Fsp3) is 0.961. The van der Waals surface area contributed by atoms with Crippen molar-refractivity contribution in [1.29, 1.82) is 0 Å². The van der Waals surface area contributed by atoms with E-state index in [1.54, 1.807) is 0 Å². The normalized spacial score (nSPS) is 13.4. The number of nitrogens with zero attached hydrogens (tertiary/aromatic N) is 3. The van der Waals surface area contributed by atoms with Gasteiger partial charge in [0.15, 0.2) is 0 Å². The molecule has 0 rings (SSSR count). The lowest BCUT2D eigenvalue weighted by Crippen LogP contribution is -2.40. The van der Waals surface area contributed by atoms with Gasteiger partial charge in [0.1, 0.15) is 28.9 Å². The molecular formula is C128H272N4O8. The summed E-state index contributed by atoms with van der Waals surface area (Å²) >= 11 is 0. The average Bonchev–Trinajstić information content (AvgIpc) is 0.870. The first-order valence-corrected chi connectivity index (χ1v) is 56.1. The van der Waals surface area contributed by atoms with Crippen LogP contribution < -0.4 is 5.32 Å². The molecule has 0 radical (unpaired) electrons. The second-order valence-electron chi connectivity index (χ2n) is 65.6. The Morgan fingerprint density at radius 1 is 0.186 bits per heavy atom. The average molecular weight is 2000 g/mol. The number of unbranched alkanes of at least 4 members (excludes halogenated alkanes) is 2. The van der Waals surface area contributed by atoms with E-state index in [0.29, 0.717) is 114 Å². The number of carbonyl (C=O) groups excluding carboxylic acids is 5. The van der Waals surface area contributed by atoms with E-state index >= 15 is 0 Å². The lowest BCUT2D eigenvalue weighted by atomic mass is 9.84. The molecule has 0 saturated heterocycles. The first kappa shape index (κ1) is 161. The minimum atomic E-state index is -0.235. The van der Waals surface area contributed by atoms with Gasteiger partial charge in [-0.25, -0.2) is 0 Å². The maximum Gasteiger partial charge on any atom is 0.140 e. The number of ether oxygens (including phenoxy) is 3. The summed E-state index contributed by atoms with van der Waals surface area (Å²) in [6.07, 6.45) is 28.6. The third-order valence-corrected chi connectivity index (χ3v) is 23.1. The molecule has 12 heteroatoms. The number of Topliss-reactive ketones (excluding diaryl/α,β-unsaturated/α-hetero) is 5. The summed E-state index contributed by atoms with van der Waals surface area (Å²) in [5, 5.41) is 3.30. The smallest absolute Gasteiger partial charge is 0.140 e. The second-order valence-corrected chi connectivity index (χ2v) is 65.6. The number of hydrogen-bond donors (Lipinski definition) is 1. The molecule has 0 spiro atoms. The van der Waals surface area contributed by atoms with Crippen LogP contribution in [0.1, 0.15) is 617 Å². The Kier molecular flexibility index (Phi) is 80.6. The van der Waals surface area contributed by atoms with E-state index in [4.69, 9.17) is 14.2 Å². The van der Waals surface area contributed by atoms with Crippen molar-refractivity contribution in [2.24, 2.45) is 81.2 Å². The number of nitrogens with one attached hydrogen (secondary N) is 1. The van der Waals surface area contributed by atoms with Crippen molar-refractivity contribution in [3.63, 3.8) is 0 Å². The summed E-state index contributed by atoms with van der Waals surface area (Å²) in [4.78, 5) is 64.8. The van der Waals surface area contributed by atoms with E-state index in [1.165, 1.54) is 116 Å². The van der Waals surface area contributed by atoms with E-state index in [2.05, 4.69) is 373 Å². The van der Waals surface area contributed by atoms with Crippen LogP contribution in [-0.2, 0) is 38.2 Å². The second kappa shape index (κ2) is 70.2. The highest BCUT2D eigenvalue weighted by Crippen LogP contribution is 2.33. The number of hydrogen-bond acceptors (Lipinski definition) is 12. The Hall–Kier alpha value is -1.93. The Balaban J connectivity index is -0.000000145. The van der Waals surface area contributed by atoms with Crippen LogP contribution in [0.3, 0.4) is 0 Å². The van der Waals surface area contributed by atoms with Gasteiger partial charge in [-0.3, -0.25) is 24.0 Å². The summed E-state index contributed by atoms with van der Waals surface area (Å²) < 4.78 is 16.7. The summed E-state index contributed by atoms with van der Waals surface area (Å²) in [5.41, 5.74) is 4.55. The Bertz CT molecular complexity index is 2630. The van der Waals surface area contributed by atoms with Crippen LogP contribution in [0.2, 0.25) is 0 Å². The van der Waals surface area contributed by atoms with Gasteiger partial charge in [0.2, 0.25) is 0 Å². The van der Waals surface area contributed by atoms with Crippen LogP contribution in [0, 0.1) is 81.2 Å². The minimum Gasteiger partial charge on any atom is -0.376 e. The van der Waals surface area contributed by atoms with Gasteiger partial charge in [0.25, 0.3) is 0 Å². The molecule has 0 aliphatic carbocycles. The summed E-state index contributed by atoms with van der Waals surface area (Å²) in [7, 11) is 6.49. The maximum atomic E-state index is 11.7. The lowest BCUT2D eigenvalue weighted by Gasteiger charge is -2.32. The van der Waals surface area contributed by atoms with Gasteiger partial charge in [0, 0.05) is 108 Å². The molecule has 852 valence electrons. The van der Waals surface area contributed by atoms with E-state index in [9.17, 15) is 24.0 Å². The fourth-order valence-electron chi connectivity index (χ4n) is 12.0. The SMILES string of the molecule is CC(C)(C)CCCC(=O)C(C)(C)C.CC(C)(C)CCCC(=O)C(C)(C)C.CC(C)(C)CCCCC(C)(C)C.CC(C)(C)CCCCC(C)(C)C.CC(C)(C)CCCOC(C)(C)C.CC(C)(C)CCCOC(C)(C)C.CC(C)(C)NCCC(=O)C(C)(C)C.CC(C)(C)OCCC(=O)C(C)(C)C.CN(CCC(=O)C(C)(C)C)C(C)(C)C.CN(CCCC(C)(C)C)C(C)(C)C.CN(CCCC(C)(C)C)C(C)(C)C. The molecule has 0 saturated carbocycles. The van der Waals surface area contributed by atoms with Gasteiger partial charge >= 0.3 is 0 Å². The molecule has 0 aromatic rings. The van der Waals surface area contributed by atoms with Gasteiger partial charge in [0.05, 0.1) is 23.4 Å². The zero-order valence-electron chi connectivity index (χ0n) is 110. The predicted molar refractivity (Wildman–Crippen MR) is 634 cm³/mol. The Morgan fingerprint density at radius 3 is 0.536 bits per heavy atom.